The number of aromatic nitrogens is 2. The summed E-state index contributed by atoms with van der Waals surface area (Å²) in [4.78, 5) is 19.5. The summed E-state index contributed by atoms with van der Waals surface area (Å²) < 4.78 is 29.7. The molecule has 0 aliphatic heterocycles. The number of nitrogens with one attached hydrogen (secondary N) is 1. The van der Waals surface area contributed by atoms with Crippen molar-refractivity contribution in [3.05, 3.63) is 77.7 Å². The van der Waals surface area contributed by atoms with Crippen LogP contribution in [0.4, 0.5) is 15.0 Å². The van der Waals surface area contributed by atoms with Crippen LogP contribution in [-0.4, -0.2) is 23.2 Å². The molecule has 3 rings (SSSR count). The molecule has 28 heavy (non-hydrogen) atoms. The Kier molecular flexibility index (Phi) is 6.35. The molecule has 1 N–H and O–H groups in total. The summed E-state index contributed by atoms with van der Waals surface area (Å²) in [5, 5.41) is 2.25. The molecule has 0 radical (unpaired) electrons. The van der Waals surface area contributed by atoms with E-state index in [1.54, 1.807) is 13.2 Å². The van der Waals surface area contributed by atoms with Gasteiger partial charge in [-0.1, -0.05) is 48.5 Å². The van der Waals surface area contributed by atoms with Crippen molar-refractivity contribution in [3.8, 4) is 11.8 Å². The van der Waals surface area contributed by atoms with E-state index in [1.807, 2.05) is 48.5 Å². The van der Waals surface area contributed by atoms with Gasteiger partial charge in [-0.05, 0) is 11.6 Å². The van der Waals surface area contributed by atoms with Crippen molar-refractivity contribution in [2.75, 3.05) is 12.4 Å². The van der Waals surface area contributed by atoms with E-state index in [4.69, 9.17) is 14.2 Å². The molecular formula is C20H18FN3O4. The Bertz CT molecular complexity index is 938. The van der Waals surface area contributed by atoms with Gasteiger partial charge in [-0.15, -0.1) is 0 Å². The minimum absolute atomic E-state index is 0.0521. The van der Waals surface area contributed by atoms with Gasteiger partial charge in [0.25, 0.3) is 0 Å². The van der Waals surface area contributed by atoms with E-state index < -0.39 is 11.9 Å². The smallest absolute Gasteiger partial charge is 0.413 e. The third-order valence-corrected chi connectivity index (χ3v) is 3.70. The monoisotopic (exact) mass is 383 g/mol. The van der Waals surface area contributed by atoms with Crippen LogP contribution in [0.3, 0.4) is 0 Å². The minimum Gasteiger partial charge on any atom is -0.496 e. The summed E-state index contributed by atoms with van der Waals surface area (Å²) in [6, 6.07) is 16.3. The number of amides is 1. The fourth-order valence-corrected chi connectivity index (χ4v) is 2.33. The SMILES string of the molecule is COc1ccccc1COc1ncc(F)c(NC(=O)OCc2ccccc2)n1. The molecule has 144 valence electrons. The summed E-state index contributed by atoms with van der Waals surface area (Å²) in [7, 11) is 1.55. The highest BCUT2D eigenvalue weighted by Gasteiger charge is 2.13. The van der Waals surface area contributed by atoms with Crippen LogP contribution in [0.5, 0.6) is 11.8 Å². The first kappa shape index (κ1) is 19.1. The van der Waals surface area contributed by atoms with Gasteiger partial charge in [0.15, 0.2) is 11.6 Å². The van der Waals surface area contributed by atoms with Gasteiger partial charge in [-0.25, -0.2) is 14.2 Å². The Balaban J connectivity index is 1.60. The van der Waals surface area contributed by atoms with Crippen molar-refractivity contribution >= 4 is 11.9 Å². The largest absolute Gasteiger partial charge is 0.496 e. The van der Waals surface area contributed by atoms with Crippen molar-refractivity contribution in [2.24, 2.45) is 0 Å². The van der Waals surface area contributed by atoms with Crippen molar-refractivity contribution in [2.45, 2.75) is 13.2 Å². The maximum Gasteiger partial charge on any atom is 0.413 e. The van der Waals surface area contributed by atoms with Crippen LogP contribution < -0.4 is 14.8 Å². The maximum absolute atomic E-state index is 13.9. The van der Waals surface area contributed by atoms with Gasteiger partial charge in [0, 0.05) is 5.56 Å². The number of para-hydroxylation sites is 1. The molecule has 1 heterocycles. The van der Waals surface area contributed by atoms with Crippen molar-refractivity contribution in [1.82, 2.24) is 9.97 Å². The molecule has 3 aromatic rings. The normalized spacial score (nSPS) is 10.2. The molecule has 0 aliphatic rings. The van der Waals surface area contributed by atoms with Crippen LogP contribution in [-0.2, 0) is 18.0 Å². The second kappa shape index (κ2) is 9.31. The number of nitrogens with zero attached hydrogens (tertiary/aromatic N) is 2. The molecule has 0 bridgehead atoms. The lowest BCUT2D eigenvalue weighted by atomic mass is 10.2. The third-order valence-electron chi connectivity index (χ3n) is 3.70. The highest BCUT2D eigenvalue weighted by atomic mass is 19.1. The van der Waals surface area contributed by atoms with E-state index in [1.165, 1.54) is 0 Å². The maximum atomic E-state index is 13.9. The van der Waals surface area contributed by atoms with Gasteiger partial charge >= 0.3 is 12.1 Å². The summed E-state index contributed by atoms with van der Waals surface area (Å²) >= 11 is 0. The zero-order valence-electron chi connectivity index (χ0n) is 15.1. The first-order chi connectivity index (χ1) is 13.7. The van der Waals surface area contributed by atoms with Crippen molar-refractivity contribution in [1.29, 1.82) is 0 Å². The molecule has 0 atom stereocenters. The number of halogens is 1. The van der Waals surface area contributed by atoms with Crippen LogP contribution in [0, 0.1) is 5.82 Å². The Morgan fingerprint density at radius 1 is 1.07 bits per heavy atom. The van der Waals surface area contributed by atoms with Crippen LogP contribution >= 0.6 is 0 Å². The van der Waals surface area contributed by atoms with Gasteiger partial charge in [-0.2, -0.15) is 4.98 Å². The Morgan fingerprint density at radius 3 is 2.61 bits per heavy atom. The molecule has 1 aromatic heterocycles. The molecule has 0 saturated carbocycles. The lowest BCUT2D eigenvalue weighted by Crippen LogP contribution is -2.16. The lowest BCUT2D eigenvalue weighted by Gasteiger charge is -2.10. The average Bonchev–Trinajstić information content (AvgIpc) is 2.73. The van der Waals surface area contributed by atoms with E-state index in [2.05, 4.69) is 15.3 Å². The topological polar surface area (TPSA) is 82.6 Å². The van der Waals surface area contributed by atoms with E-state index in [-0.39, 0.29) is 25.0 Å². The average molecular weight is 383 g/mol. The number of hydrogen-bond donors (Lipinski definition) is 1. The Morgan fingerprint density at radius 2 is 1.82 bits per heavy atom. The van der Waals surface area contributed by atoms with Crippen LogP contribution in [0.15, 0.2) is 60.8 Å². The zero-order valence-corrected chi connectivity index (χ0v) is 15.1. The molecule has 0 fully saturated rings. The minimum atomic E-state index is -0.836. The van der Waals surface area contributed by atoms with Gasteiger partial charge in [0.1, 0.15) is 19.0 Å². The first-order valence-corrected chi connectivity index (χ1v) is 8.40. The van der Waals surface area contributed by atoms with Crippen LogP contribution in [0.2, 0.25) is 0 Å². The van der Waals surface area contributed by atoms with Gasteiger partial charge in [-0.3, -0.25) is 5.32 Å². The van der Waals surface area contributed by atoms with Crippen molar-refractivity contribution < 1.29 is 23.4 Å². The van der Waals surface area contributed by atoms with E-state index >= 15 is 0 Å². The number of hydrogen-bond acceptors (Lipinski definition) is 6. The fraction of sp³-hybridized carbons (Fsp3) is 0.150. The number of rotatable bonds is 7. The quantitative estimate of drug-likeness (QED) is 0.665. The standard InChI is InChI=1S/C20H18FN3O4/c1-26-17-10-6-5-9-15(17)13-27-19-22-11-16(21)18(23-19)24-20(25)28-12-14-7-3-2-4-8-14/h2-11H,12-13H2,1H3,(H,22,23,24,25). The summed E-state index contributed by atoms with van der Waals surface area (Å²) in [5.41, 5.74) is 1.58. The Hall–Kier alpha value is -3.68. The highest BCUT2D eigenvalue weighted by molar-refractivity contribution is 5.83. The van der Waals surface area contributed by atoms with E-state index in [0.717, 1.165) is 17.3 Å². The number of carbonyl (C=O) groups is 1. The number of ether oxygens (including phenoxy) is 3. The molecule has 0 unspecified atom stereocenters. The predicted octanol–water partition coefficient (Wildman–Crippen LogP) is 3.95. The first-order valence-electron chi connectivity index (χ1n) is 8.40. The third kappa shape index (κ3) is 5.16. The number of anilines is 1. The molecule has 8 heteroatoms. The molecule has 7 nitrogen and oxygen atoms in total. The summed E-state index contributed by atoms with van der Waals surface area (Å²) in [6.07, 6.45) is 0.0781. The van der Waals surface area contributed by atoms with Gasteiger partial charge in [0.2, 0.25) is 0 Å². The van der Waals surface area contributed by atoms with Crippen LogP contribution in [0.25, 0.3) is 0 Å². The second-order valence-electron chi connectivity index (χ2n) is 5.64. The molecule has 0 spiro atoms. The van der Waals surface area contributed by atoms with Crippen LogP contribution in [0.1, 0.15) is 11.1 Å². The molecule has 0 saturated heterocycles. The zero-order chi connectivity index (χ0) is 19.8. The molecule has 1 amide bonds. The van der Waals surface area contributed by atoms with E-state index in [0.29, 0.717) is 5.75 Å². The number of carbonyl (C=O) groups excluding carboxylic acids is 1. The van der Waals surface area contributed by atoms with Gasteiger partial charge in [0.05, 0.1) is 13.3 Å². The predicted molar refractivity (Wildman–Crippen MR) is 99.6 cm³/mol. The second-order valence-corrected chi connectivity index (χ2v) is 5.64. The number of methoxy groups -OCH3 is 1. The Labute approximate surface area is 161 Å². The highest BCUT2D eigenvalue weighted by Crippen LogP contribution is 2.20. The fourth-order valence-electron chi connectivity index (χ4n) is 2.33. The van der Waals surface area contributed by atoms with Crippen molar-refractivity contribution in [3.63, 3.8) is 0 Å². The molecular weight excluding hydrogens is 365 g/mol. The summed E-state index contributed by atoms with van der Waals surface area (Å²) in [5.74, 6) is -0.489. The summed E-state index contributed by atoms with van der Waals surface area (Å²) in [6.45, 7) is 0.171. The van der Waals surface area contributed by atoms with Gasteiger partial charge < -0.3 is 14.2 Å². The lowest BCUT2D eigenvalue weighted by molar-refractivity contribution is 0.155. The van der Waals surface area contributed by atoms with E-state index in [9.17, 15) is 9.18 Å². The number of benzene rings is 2. The molecule has 2 aromatic carbocycles. The molecule has 0 aliphatic carbocycles.